The largest absolute Gasteiger partial charge is 0.399 e. The maximum absolute atomic E-state index is 11.8. The molecule has 1 unspecified atom stereocenters. The van der Waals surface area contributed by atoms with Crippen molar-refractivity contribution in [3.8, 4) is 0 Å². The summed E-state index contributed by atoms with van der Waals surface area (Å²) in [5.74, 6) is 0.0634. The Balaban J connectivity index is 2.10. The Morgan fingerprint density at radius 2 is 2.06 bits per heavy atom. The quantitative estimate of drug-likeness (QED) is 0.811. The molecule has 0 radical (unpaired) electrons. The van der Waals surface area contributed by atoms with Crippen LogP contribution in [0.4, 0.5) is 11.4 Å². The van der Waals surface area contributed by atoms with Gasteiger partial charge in [-0.05, 0) is 24.3 Å². The maximum Gasteiger partial charge on any atom is 0.228 e. The first kappa shape index (κ1) is 12.0. The van der Waals surface area contributed by atoms with Gasteiger partial charge in [-0.2, -0.15) is 0 Å². The van der Waals surface area contributed by atoms with E-state index in [1.165, 1.54) is 18.7 Å². The number of carbonyl (C=O) groups is 2. The van der Waals surface area contributed by atoms with Crippen LogP contribution in [-0.2, 0) is 9.59 Å². The van der Waals surface area contributed by atoms with Gasteiger partial charge in [0.15, 0.2) is 5.12 Å². The summed E-state index contributed by atoms with van der Waals surface area (Å²) >= 11 is 1.24. The second kappa shape index (κ2) is 4.79. The number of nitrogens with two attached hydrogens (primary N) is 1. The van der Waals surface area contributed by atoms with E-state index < -0.39 is 0 Å². The first-order chi connectivity index (χ1) is 8.06. The van der Waals surface area contributed by atoms with Crippen molar-refractivity contribution in [3.05, 3.63) is 24.3 Å². The molecular formula is C12H14N2O2S. The van der Waals surface area contributed by atoms with Gasteiger partial charge < -0.3 is 10.6 Å². The van der Waals surface area contributed by atoms with E-state index in [1.807, 2.05) is 12.1 Å². The van der Waals surface area contributed by atoms with Crippen LogP contribution >= 0.6 is 11.8 Å². The van der Waals surface area contributed by atoms with Crippen molar-refractivity contribution in [2.75, 3.05) is 17.2 Å². The van der Waals surface area contributed by atoms with Gasteiger partial charge in [0.25, 0.3) is 0 Å². The first-order valence-electron chi connectivity index (χ1n) is 5.39. The summed E-state index contributed by atoms with van der Waals surface area (Å²) in [7, 11) is 0. The lowest BCUT2D eigenvalue weighted by molar-refractivity contribution is -0.117. The van der Waals surface area contributed by atoms with Gasteiger partial charge in [-0.3, -0.25) is 9.59 Å². The van der Waals surface area contributed by atoms with Crippen molar-refractivity contribution in [1.82, 2.24) is 0 Å². The summed E-state index contributed by atoms with van der Waals surface area (Å²) in [5.41, 5.74) is 7.12. The fourth-order valence-electron chi connectivity index (χ4n) is 1.89. The monoisotopic (exact) mass is 250 g/mol. The Morgan fingerprint density at radius 1 is 1.41 bits per heavy atom. The zero-order valence-corrected chi connectivity index (χ0v) is 10.4. The average molecular weight is 250 g/mol. The Morgan fingerprint density at radius 3 is 2.65 bits per heavy atom. The van der Waals surface area contributed by atoms with E-state index in [2.05, 4.69) is 0 Å². The summed E-state index contributed by atoms with van der Waals surface area (Å²) in [6.07, 6.45) is 0.425. The Labute approximate surface area is 104 Å². The number of nitrogen functional groups attached to an aromatic ring is 1. The van der Waals surface area contributed by atoms with Crippen molar-refractivity contribution in [3.63, 3.8) is 0 Å². The molecule has 1 aliphatic rings. The number of nitrogens with zero attached hydrogens (tertiary/aromatic N) is 1. The number of benzene rings is 1. The predicted octanol–water partition coefficient (Wildman–Crippen LogP) is 1.65. The van der Waals surface area contributed by atoms with Crippen LogP contribution in [0, 0.1) is 0 Å². The molecule has 2 N–H and O–H groups in total. The molecule has 1 aromatic rings. The lowest BCUT2D eigenvalue weighted by Gasteiger charge is -2.16. The highest BCUT2D eigenvalue weighted by molar-refractivity contribution is 8.14. The molecule has 0 aliphatic carbocycles. The molecule has 90 valence electrons. The Bertz CT molecular complexity index is 444. The third kappa shape index (κ3) is 2.79. The maximum atomic E-state index is 11.8. The van der Waals surface area contributed by atoms with Gasteiger partial charge in [-0.15, -0.1) is 0 Å². The standard InChI is InChI=1S/C12H14N2O2S/c1-8(15)17-11-6-12(16)14(7-11)10-4-2-9(13)3-5-10/h2-5,11H,6-7,13H2,1H3. The molecule has 1 atom stereocenters. The van der Waals surface area contributed by atoms with E-state index in [1.54, 1.807) is 17.0 Å². The average Bonchev–Trinajstić information content (AvgIpc) is 2.59. The molecule has 0 spiro atoms. The fourth-order valence-corrected chi connectivity index (χ4v) is 2.81. The summed E-state index contributed by atoms with van der Waals surface area (Å²) < 4.78 is 0. The van der Waals surface area contributed by atoms with Crippen LogP contribution in [0.3, 0.4) is 0 Å². The summed E-state index contributed by atoms with van der Waals surface area (Å²) in [4.78, 5) is 24.5. The van der Waals surface area contributed by atoms with Gasteiger partial charge >= 0.3 is 0 Å². The van der Waals surface area contributed by atoms with Crippen LogP contribution in [0.2, 0.25) is 0 Å². The van der Waals surface area contributed by atoms with E-state index >= 15 is 0 Å². The molecule has 1 aromatic carbocycles. The van der Waals surface area contributed by atoms with E-state index in [4.69, 9.17) is 5.73 Å². The molecule has 17 heavy (non-hydrogen) atoms. The third-order valence-electron chi connectivity index (χ3n) is 2.63. The van der Waals surface area contributed by atoms with Crippen molar-refractivity contribution in [1.29, 1.82) is 0 Å². The van der Waals surface area contributed by atoms with Crippen molar-refractivity contribution in [2.24, 2.45) is 0 Å². The fraction of sp³-hybridized carbons (Fsp3) is 0.333. The van der Waals surface area contributed by atoms with Crippen LogP contribution in [0.15, 0.2) is 24.3 Å². The van der Waals surface area contributed by atoms with E-state index in [9.17, 15) is 9.59 Å². The topological polar surface area (TPSA) is 63.4 Å². The molecule has 1 fully saturated rings. The number of thioether (sulfide) groups is 1. The Hall–Kier alpha value is -1.49. The zero-order valence-electron chi connectivity index (χ0n) is 9.55. The molecule has 5 heteroatoms. The minimum Gasteiger partial charge on any atom is -0.399 e. The summed E-state index contributed by atoms with van der Waals surface area (Å²) in [6, 6.07) is 7.20. The second-order valence-corrected chi connectivity index (χ2v) is 5.51. The van der Waals surface area contributed by atoms with Gasteiger partial charge in [0, 0.05) is 36.5 Å². The van der Waals surface area contributed by atoms with E-state index in [-0.39, 0.29) is 16.3 Å². The summed E-state index contributed by atoms with van der Waals surface area (Å²) in [6.45, 7) is 2.12. The molecule has 1 amide bonds. The van der Waals surface area contributed by atoms with Crippen LogP contribution in [0.25, 0.3) is 0 Å². The number of anilines is 2. The molecule has 4 nitrogen and oxygen atoms in total. The molecular weight excluding hydrogens is 236 g/mol. The molecule has 1 aliphatic heterocycles. The number of carbonyl (C=O) groups excluding carboxylic acids is 2. The van der Waals surface area contributed by atoms with Gasteiger partial charge in [0.1, 0.15) is 0 Å². The third-order valence-corrected chi connectivity index (χ3v) is 3.61. The molecule has 1 heterocycles. The van der Waals surface area contributed by atoms with Gasteiger partial charge in [0.2, 0.25) is 5.91 Å². The predicted molar refractivity (Wildman–Crippen MR) is 69.9 cm³/mol. The van der Waals surface area contributed by atoms with Crippen LogP contribution in [0.5, 0.6) is 0 Å². The summed E-state index contributed by atoms with van der Waals surface area (Å²) in [5, 5.41) is 0.125. The van der Waals surface area contributed by atoms with Gasteiger partial charge in [-0.1, -0.05) is 11.8 Å². The van der Waals surface area contributed by atoms with Crippen molar-refractivity contribution in [2.45, 2.75) is 18.6 Å². The number of rotatable bonds is 2. The lowest BCUT2D eigenvalue weighted by Crippen LogP contribution is -2.24. The van der Waals surface area contributed by atoms with Crippen LogP contribution in [0.1, 0.15) is 13.3 Å². The normalized spacial score (nSPS) is 19.7. The minimum atomic E-state index is 0.0574. The van der Waals surface area contributed by atoms with Crippen LogP contribution in [-0.4, -0.2) is 22.8 Å². The smallest absolute Gasteiger partial charge is 0.228 e. The number of hydrogen-bond acceptors (Lipinski definition) is 4. The first-order valence-corrected chi connectivity index (χ1v) is 6.27. The van der Waals surface area contributed by atoms with E-state index in [0.29, 0.717) is 18.7 Å². The lowest BCUT2D eigenvalue weighted by atomic mass is 10.2. The molecule has 0 aromatic heterocycles. The van der Waals surface area contributed by atoms with Gasteiger partial charge in [-0.25, -0.2) is 0 Å². The number of amides is 1. The van der Waals surface area contributed by atoms with Crippen molar-refractivity contribution >= 4 is 34.2 Å². The minimum absolute atomic E-state index is 0.0574. The highest BCUT2D eigenvalue weighted by Gasteiger charge is 2.31. The van der Waals surface area contributed by atoms with E-state index in [0.717, 1.165) is 5.69 Å². The van der Waals surface area contributed by atoms with Crippen LogP contribution < -0.4 is 10.6 Å². The van der Waals surface area contributed by atoms with Gasteiger partial charge in [0.05, 0.1) is 0 Å². The highest BCUT2D eigenvalue weighted by Crippen LogP contribution is 2.28. The molecule has 2 rings (SSSR count). The van der Waals surface area contributed by atoms with Crippen molar-refractivity contribution < 1.29 is 9.59 Å². The molecule has 0 bridgehead atoms. The SMILES string of the molecule is CC(=O)SC1CC(=O)N(c2ccc(N)cc2)C1. The molecule has 0 saturated carbocycles. The molecule has 1 saturated heterocycles. The number of hydrogen-bond donors (Lipinski definition) is 1. The second-order valence-electron chi connectivity index (χ2n) is 4.03. The Kier molecular flexibility index (Phi) is 3.38. The zero-order chi connectivity index (χ0) is 12.4. The highest BCUT2D eigenvalue weighted by atomic mass is 32.2.